The van der Waals surface area contributed by atoms with E-state index < -0.39 is 9.84 Å². The summed E-state index contributed by atoms with van der Waals surface area (Å²) in [5.74, 6) is 0.718. The average molecular weight is 530 g/mol. The predicted molar refractivity (Wildman–Crippen MR) is 150 cm³/mol. The summed E-state index contributed by atoms with van der Waals surface area (Å²) in [5, 5.41) is 7.87. The zero-order chi connectivity index (χ0) is 27.4. The van der Waals surface area contributed by atoms with E-state index in [-0.39, 0.29) is 4.90 Å². The minimum Gasteiger partial charge on any atom is -0.353 e. The molecule has 1 aliphatic rings. The fourth-order valence-electron chi connectivity index (χ4n) is 5.05. The fourth-order valence-corrected chi connectivity index (χ4v) is 5.91. The van der Waals surface area contributed by atoms with Crippen molar-refractivity contribution < 1.29 is 8.42 Å². The molecule has 0 bridgehead atoms. The number of sulfone groups is 1. The Morgan fingerprint density at radius 1 is 0.947 bits per heavy atom. The number of pyridine rings is 1. The van der Waals surface area contributed by atoms with Crippen LogP contribution < -0.4 is 5.32 Å². The monoisotopic (exact) mass is 529 g/mol. The number of anilines is 2. The lowest BCUT2D eigenvalue weighted by molar-refractivity contribution is 0.602. The second-order valence-electron chi connectivity index (χ2n) is 9.98. The Hall–Kier alpha value is -3.92. The molecular weight excluding hydrogens is 498 g/mol. The lowest BCUT2D eigenvalue weighted by Crippen LogP contribution is -2.06. The molecular formula is C28H31N7O2S. The van der Waals surface area contributed by atoms with Crippen LogP contribution in [0.5, 0.6) is 0 Å². The molecule has 38 heavy (non-hydrogen) atoms. The summed E-state index contributed by atoms with van der Waals surface area (Å²) in [7, 11) is -1.67. The molecule has 9 nitrogen and oxygen atoms in total. The van der Waals surface area contributed by atoms with E-state index in [2.05, 4.69) is 20.4 Å². The van der Waals surface area contributed by atoms with Gasteiger partial charge >= 0.3 is 0 Å². The van der Waals surface area contributed by atoms with Crippen LogP contribution in [0.1, 0.15) is 46.9 Å². The Bertz CT molecular complexity index is 1720. The molecule has 1 N–H and O–H groups in total. The zero-order valence-electron chi connectivity index (χ0n) is 22.7. The summed E-state index contributed by atoms with van der Waals surface area (Å²) in [6, 6.07) is 9.35. The van der Waals surface area contributed by atoms with Gasteiger partial charge in [-0.05, 0) is 64.4 Å². The molecule has 1 aliphatic heterocycles. The maximum absolute atomic E-state index is 12.9. The molecule has 0 amide bonds. The van der Waals surface area contributed by atoms with Crippen LogP contribution >= 0.6 is 0 Å². The van der Waals surface area contributed by atoms with Gasteiger partial charge in [0.05, 0.1) is 33.4 Å². The topological polar surface area (TPSA) is 115 Å². The molecule has 10 heteroatoms. The van der Waals surface area contributed by atoms with Crippen LogP contribution in [-0.4, -0.2) is 45.1 Å². The Balaban J connectivity index is 1.59. The molecule has 196 valence electrons. The number of nitrogens with one attached hydrogen (secondary N) is 1. The van der Waals surface area contributed by atoms with E-state index in [4.69, 9.17) is 9.98 Å². The van der Waals surface area contributed by atoms with Crippen molar-refractivity contribution in [3.05, 3.63) is 70.3 Å². The van der Waals surface area contributed by atoms with E-state index in [1.165, 1.54) is 6.26 Å². The molecule has 4 heterocycles. The average Bonchev–Trinajstić information content (AvgIpc) is 3.30. The van der Waals surface area contributed by atoms with Gasteiger partial charge in [-0.25, -0.2) is 18.4 Å². The molecule has 0 saturated heterocycles. The van der Waals surface area contributed by atoms with Crippen molar-refractivity contribution in [1.29, 1.82) is 0 Å². The zero-order valence-corrected chi connectivity index (χ0v) is 23.5. The summed E-state index contributed by atoms with van der Waals surface area (Å²) in [6.07, 6.45) is 2.41. The molecule has 0 fully saturated rings. The molecule has 1 aromatic carbocycles. The Labute approximate surface area is 223 Å². The van der Waals surface area contributed by atoms with E-state index >= 15 is 0 Å². The molecule has 0 saturated carbocycles. The fraction of sp³-hybridized carbons (Fsp3) is 0.321. The molecule has 5 rings (SSSR count). The molecule has 3 aromatic heterocycles. The van der Waals surface area contributed by atoms with Gasteiger partial charge in [0.25, 0.3) is 0 Å². The van der Waals surface area contributed by atoms with Crippen LogP contribution in [0.4, 0.5) is 17.1 Å². The maximum atomic E-state index is 12.9. The highest BCUT2D eigenvalue weighted by Gasteiger charge is 2.23. The quantitative estimate of drug-likeness (QED) is 0.378. The van der Waals surface area contributed by atoms with Crippen molar-refractivity contribution in [2.75, 3.05) is 11.6 Å². The molecule has 0 spiro atoms. The first kappa shape index (κ1) is 25.7. The first-order valence-corrected chi connectivity index (χ1v) is 14.3. The standard InChI is InChI=1S/C28H31N7O2S/c1-15-10-21(31-19(5)29-15)13-22-14-25(28-24(32-22)11-16(2)30-28)33-23-9-8-20(12-26(23)38(7,36)37)27-17(3)34-35(6)18(27)4/h8-10,12,14H,11,13H2,1-7H3,(H,32,33). The molecule has 0 radical (unpaired) electrons. The highest BCUT2D eigenvalue weighted by molar-refractivity contribution is 7.90. The summed E-state index contributed by atoms with van der Waals surface area (Å²) in [6.45, 7) is 9.70. The van der Waals surface area contributed by atoms with Crippen molar-refractivity contribution in [3.63, 3.8) is 0 Å². The van der Waals surface area contributed by atoms with Gasteiger partial charge in [0, 0.05) is 54.5 Å². The number of hydrogen-bond acceptors (Lipinski definition) is 8. The van der Waals surface area contributed by atoms with Gasteiger partial charge < -0.3 is 5.32 Å². The van der Waals surface area contributed by atoms with Gasteiger partial charge in [-0.1, -0.05) is 6.07 Å². The lowest BCUT2D eigenvalue weighted by atomic mass is 10.0. The van der Waals surface area contributed by atoms with Crippen molar-refractivity contribution >= 4 is 32.6 Å². The van der Waals surface area contributed by atoms with E-state index in [1.807, 2.05) is 65.9 Å². The van der Waals surface area contributed by atoms with Crippen LogP contribution in [0, 0.1) is 27.7 Å². The smallest absolute Gasteiger partial charge is 0.177 e. The first-order valence-electron chi connectivity index (χ1n) is 12.4. The van der Waals surface area contributed by atoms with Gasteiger partial charge in [-0.2, -0.15) is 5.10 Å². The number of nitrogens with zero attached hydrogens (tertiary/aromatic N) is 6. The molecule has 0 unspecified atom stereocenters. The molecule has 4 aromatic rings. The first-order chi connectivity index (χ1) is 17.9. The Kier molecular flexibility index (Phi) is 6.38. The Morgan fingerprint density at radius 3 is 2.34 bits per heavy atom. The second kappa shape index (κ2) is 9.43. The normalized spacial score (nSPS) is 13.0. The van der Waals surface area contributed by atoms with E-state index in [9.17, 15) is 8.42 Å². The minimum absolute atomic E-state index is 0.213. The maximum Gasteiger partial charge on any atom is 0.177 e. The third kappa shape index (κ3) is 4.96. The van der Waals surface area contributed by atoms with Crippen molar-refractivity contribution in [2.24, 2.45) is 12.0 Å². The van der Waals surface area contributed by atoms with E-state index in [0.717, 1.165) is 68.2 Å². The largest absolute Gasteiger partial charge is 0.353 e. The highest BCUT2D eigenvalue weighted by Crippen LogP contribution is 2.39. The van der Waals surface area contributed by atoms with Gasteiger partial charge in [-0.15, -0.1) is 0 Å². The van der Waals surface area contributed by atoms with Crippen molar-refractivity contribution in [3.8, 4) is 11.1 Å². The summed E-state index contributed by atoms with van der Waals surface area (Å²) >= 11 is 0. The minimum atomic E-state index is -3.55. The van der Waals surface area contributed by atoms with Gasteiger partial charge in [0.1, 0.15) is 11.5 Å². The van der Waals surface area contributed by atoms with Gasteiger partial charge in [0.2, 0.25) is 0 Å². The van der Waals surface area contributed by atoms with E-state index in [0.29, 0.717) is 18.5 Å². The lowest BCUT2D eigenvalue weighted by Gasteiger charge is -2.16. The number of aryl methyl sites for hydroxylation is 4. The van der Waals surface area contributed by atoms with E-state index in [1.54, 1.807) is 10.7 Å². The summed E-state index contributed by atoms with van der Waals surface area (Å²) < 4.78 is 27.7. The second-order valence-corrected chi connectivity index (χ2v) is 12.0. The number of fused-ring (bicyclic) bond motifs is 1. The number of hydrogen-bond donors (Lipinski definition) is 1. The molecule has 0 aliphatic carbocycles. The number of aromatic nitrogens is 5. The van der Waals surface area contributed by atoms with Crippen LogP contribution in [0.15, 0.2) is 40.2 Å². The van der Waals surface area contributed by atoms with Crippen molar-refractivity contribution in [2.45, 2.75) is 52.4 Å². The van der Waals surface area contributed by atoms with Gasteiger partial charge in [-0.3, -0.25) is 14.7 Å². The van der Waals surface area contributed by atoms with Crippen LogP contribution in [0.25, 0.3) is 11.1 Å². The highest BCUT2D eigenvalue weighted by atomic mass is 32.2. The van der Waals surface area contributed by atoms with Crippen LogP contribution in [-0.2, 0) is 29.7 Å². The van der Waals surface area contributed by atoms with Gasteiger partial charge in [0.15, 0.2) is 9.84 Å². The number of aliphatic imine (C=N–C) groups is 1. The Morgan fingerprint density at radius 2 is 1.68 bits per heavy atom. The summed E-state index contributed by atoms with van der Waals surface area (Å²) in [5.41, 5.74) is 9.95. The third-order valence-corrected chi connectivity index (χ3v) is 7.81. The number of rotatable bonds is 6. The predicted octanol–water partition coefficient (Wildman–Crippen LogP) is 4.89. The van der Waals surface area contributed by atoms with Crippen LogP contribution in [0.2, 0.25) is 0 Å². The molecule has 0 atom stereocenters. The summed E-state index contributed by atoms with van der Waals surface area (Å²) in [4.78, 5) is 18.7. The SMILES string of the molecule is CC1=Nc2c(Nc3ccc(-c4c(C)nn(C)c4C)cc3S(C)(=O)=O)cc(Cc3cc(C)nc(C)n3)nc2C1. The number of benzene rings is 1. The van der Waals surface area contributed by atoms with Crippen LogP contribution in [0.3, 0.4) is 0 Å². The third-order valence-electron chi connectivity index (χ3n) is 6.67. The van der Waals surface area contributed by atoms with Crippen molar-refractivity contribution in [1.82, 2.24) is 24.7 Å².